The van der Waals surface area contributed by atoms with E-state index in [1.165, 1.54) is 28.6 Å². The summed E-state index contributed by atoms with van der Waals surface area (Å²) in [7, 11) is -3.71. The Morgan fingerprint density at radius 2 is 1.87 bits per heavy atom. The van der Waals surface area contributed by atoms with Crippen LogP contribution in [0.2, 0.25) is 0 Å². The van der Waals surface area contributed by atoms with Crippen molar-refractivity contribution in [3.8, 4) is 6.07 Å². The number of nitriles is 1. The van der Waals surface area contributed by atoms with Crippen molar-refractivity contribution in [3.05, 3.63) is 41.6 Å². The third-order valence-electron chi connectivity index (χ3n) is 6.07. The maximum absolute atomic E-state index is 13.1. The van der Waals surface area contributed by atoms with Crippen molar-refractivity contribution in [2.24, 2.45) is 0 Å². The average molecular weight is 429 g/mol. The molecule has 1 aromatic carbocycles. The first-order valence-electron chi connectivity index (χ1n) is 10.7. The molecule has 1 aliphatic heterocycles. The minimum Gasteiger partial charge on any atom is -0.312 e. The van der Waals surface area contributed by atoms with Crippen molar-refractivity contribution >= 4 is 15.9 Å². The van der Waals surface area contributed by atoms with Gasteiger partial charge in [-0.3, -0.25) is 9.69 Å². The molecule has 0 atom stereocenters. The summed E-state index contributed by atoms with van der Waals surface area (Å²) in [5.41, 5.74) is 1.35. The molecule has 30 heavy (non-hydrogen) atoms. The van der Waals surface area contributed by atoms with E-state index in [-0.39, 0.29) is 16.4 Å². The van der Waals surface area contributed by atoms with Crippen LogP contribution in [0.4, 0.5) is 0 Å². The van der Waals surface area contributed by atoms with E-state index >= 15 is 0 Å². The molecule has 4 rings (SSSR count). The summed E-state index contributed by atoms with van der Waals surface area (Å²) >= 11 is 0. The van der Waals surface area contributed by atoms with Crippen LogP contribution in [0.15, 0.2) is 40.9 Å². The molecule has 0 aromatic heterocycles. The zero-order valence-corrected chi connectivity index (χ0v) is 18.0. The van der Waals surface area contributed by atoms with E-state index in [9.17, 15) is 18.5 Å². The lowest BCUT2D eigenvalue weighted by molar-refractivity contribution is -0.131. The smallest absolute Gasteiger partial charge is 0.244 e. The summed E-state index contributed by atoms with van der Waals surface area (Å²) in [4.78, 5) is 17.2. The van der Waals surface area contributed by atoms with Crippen LogP contribution < -0.4 is 0 Å². The maximum Gasteiger partial charge on any atom is 0.244 e. The quantitative estimate of drug-likeness (QED) is 0.694. The van der Waals surface area contributed by atoms with Gasteiger partial charge in [-0.05, 0) is 50.7 Å². The van der Waals surface area contributed by atoms with Crippen molar-refractivity contribution in [2.75, 3.05) is 32.7 Å². The predicted octanol–water partition coefficient (Wildman–Crippen LogP) is 2.31. The number of amides is 1. The Kier molecular flexibility index (Phi) is 6.23. The van der Waals surface area contributed by atoms with Gasteiger partial charge in [-0.2, -0.15) is 9.57 Å². The van der Waals surface area contributed by atoms with Crippen LogP contribution in [0, 0.1) is 11.3 Å². The van der Waals surface area contributed by atoms with Gasteiger partial charge in [-0.15, -0.1) is 0 Å². The molecule has 1 aromatic rings. The summed E-state index contributed by atoms with van der Waals surface area (Å²) in [6.07, 6.45) is 8.74. The van der Waals surface area contributed by atoms with Gasteiger partial charge in [0.1, 0.15) is 6.07 Å². The molecular weight excluding hydrogens is 400 g/mol. The highest BCUT2D eigenvalue weighted by Gasteiger charge is 2.36. The van der Waals surface area contributed by atoms with Gasteiger partial charge in [0.15, 0.2) is 0 Å². The molecule has 1 saturated carbocycles. The minimum absolute atomic E-state index is 0.0566. The van der Waals surface area contributed by atoms with Crippen LogP contribution in [-0.2, 0) is 14.8 Å². The van der Waals surface area contributed by atoms with E-state index in [0.29, 0.717) is 38.8 Å². The van der Waals surface area contributed by atoms with Gasteiger partial charge in [-0.1, -0.05) is 18.2 Å². The molecule has 0 spiro atoms. The average Bonchev–Trinajstić information content (AvgIpc) is 3.60. The molecule has 8 heteroatoms. The van der Waals surface area contributed by atoms with E-state index in [1.807, 2.05) is 15.9 Å². The zero-order chi connectivity index (χ0) is 21.1. The Balaban J connectivity index is 1.38. The molecule has 0 radical (unpaired) electrons. The number of carbonyl (C=O) groups excluding carboxylic acids is 1. The van der Waals surface area contributed by atoms with E-state index in [1.54, 1.807) is 12.1 Å². The minimum atomic E-state index is -3.71. The predicted molar refractivity (Wildman–Crippen MR) is 113 cm³/mol. The van der Waals surface area contributed by atoms with Gasteiger partial charge in [0.05, 0.1) is 17.0 Å². The molecular formula is C22H28N4O3S. The lowest BCUT2D eigenvalue weighted by Gasteiger charge is -2.35. The van der Waals surface area contributed by atoms with Gasteiger partial charge in [0.2, 0.25) is 15.9 Å². The van der Waals surface area contributed by atoms with Crippen molar-refractivity contribution in [1.82, 2.24) is 14.1 Å². The molecule has 0 unspecified atom stereocenters. The van der Waals surface area contributed by atoms with Crippen LogP contribution >= 0.6 is 0 Å². The van der Waals surface area contributed by atoms with Crippen molar-refractivity contribution in [3.63, 3.8) is 0 Å². The second kappa shape index (κ2) is 8.88. The van der Waals surface area contributed by atoms with Crippen LogP contribution in [0.1, 0.15) is 44.1 Å². The number of hydrogen-bond donors (Lipinski definition) is 0. The van der Waals surface area contributed by atoms with Gasteiger partial charge in [-0.25, -0.2) is 8.42 Å². The van der Waals surface area contributed by atoms with Crippen molar-refractivity contribution in [1.29, 1.82) is 5.26 Å². The molecule has 1 amide bonds. The summed E-state index contributed by atoms with van der Waals surface area (Å²) in [6.45, 7) is 1.99. The Labute approximate surface area is 178 Å². The van der Waals surface area contributed by atoms with Crippen LogP contribution in [0.5, 0.6) is 0 Å². The maximum atomic E-state index is 13.1. The summed E-state index contributed by atoms with van der Waals surface area (Å²) in [5, 5.41) is 9.24. The fourth-order valence-electron chi connectivity index (χ4n) is 4.29. The van der Waals surface area contributed by atoms with Gasteiger partial charge < -0.3 is 4.90 Å². The molecule has 2 fully saturated rings. The third kappa shape index (κ3) is 4.43. The Morgan fingerprint density at radius 3 is 2.50 bits per heavy atom. The molecule has 0 bridgehead atoms. The summed E-state index contributed by atoms with van der Waals surface area (Å²) in [5.74, 6) is 0.136. The SMILES string of the molecule is N#Cc1ccccc1S(=O)(=O)N1CCN(CC(=O)N(C2=CCCCC2)C2CC2)CC1. The summed E-state index contributed by atoms with van der Waals surface area (Å²) in [6, 6.07) is 8.62. The Bertz CT molecular complexity index is 970. The number of piperazine rings is 1. The van der Waals surface area contributed by atoms with Gasteiger partial charge >= 0.3 is 0 Å². The lowest BCUT2D eigenvalue weighted by atomic mass is 10.0. The van der Waals surface area contributed by atoms with Gasteiger partial charge in [0, 0.05) is 37.9 Å². The van der Waals surface area contributed by atoms with Gasteiger partial charge in [0.25, 0.3) is 0 Å². The number of rotatable bonds is 6. The standard InChI is InChI=1S/C22H28N4O3S/c23-16-18-6-4-5-9-21(18)30(28,29)25-14-12-24(13-15-25)17-22(27)26(20-10-11-20)19-7-2-1-3-8-19/h4-7,9,20H,1-3,8,10-15,17H2. The number of sulfonamides is 1. The molecule has 2 aliphatic carbocycles. The number of hydrogen-bond acceptors (Lipinski definition) is 5. The second-order valence-corrected chi connectivity index (χ2v) is 10.1. The Hall–Kier alpha value is -2.21. The fourth-order valence-corrected chi connectivity index (χ4v) is 5.85. The number of carbonyl (C=O) groups is 1. The van der Waals surface area contributed by atoms with E-state index in [2.05, 4.69) is 6.08 Å². The molecule has 7 nitrogen and oxygen atoms in total. The van der Waals surface area contributed by atoms with Crippen LogP contribution in [0.3, 0.4) is 0 Å². The van der Waals surface area contributed by atoms with E-state index in [0.717, 1.165) is 32.1 Å². The lowest BCUT2D eigenvalue weighted by Crippen LogP contribution is -2.51. The van der Waals surface area contributed by atoms with Crippen LogP contribution in [-0.4, -0.2) is 67.2 Å². The number of benzene rings is 1. The number of allylic oxidation sites excluding steroid dienone is 2. The van der Waals surface area contributed by atoms with Crippen molar-refractivity contribution in [2.45, 2.75) is 49.5 Å². The Morgan fingerprint density at radius 1 is 1.13 bits per heavy atom. The third-order valence-corrected chi connectivity index (χ3v) is 8.03. The van der Waals surface area contributed by atoms with Crippen LogP contribution in [0.25, 0.3) is 0 Å². The first-order chi connectivity index (χ1) is 14.5. The van der Waals surface area contributed by atoms with Crippen molar-refractivity contribution < 1.29 is 13.2 Å². The first kappa shape index (κ1) is 21.0. The largest absolute Gasteiger partial charge is 0.312 e. The fraction of sp³-hybridized carbons (Fsp3) is 0.545. The highest BCUT2D eigenvalue weighted by Crippen LogP contribution is 2.34. The molecule has 3 aliphatic rings. The molecule has 0 N–H and O–H groups in total. The normalized spacial score (nSPS) is 21.0. The summed E-state index contributed by atoms with van der Waals surface area (Å²) < 4.78 is 27.4. The molecule has 1 saturated heterocycles. The zero-order valence-electron chi connectivity index (χ0n) is 17.2. The highest BCUT2D eigenvalue weighted by atomic mass is 32.2. The first-order valence-corrected chi connectivity index (χ1v) is 12.2. The van der Waals surface area contributed by atoms with E-state index in [4.69, 9.17) is 0 Å². The topological polar surface area (TPSA) is 84.7 Å². The molecule has 160 valence electrons. The monoisotopic (exact) mass is 428 g/mol. The number of nitrogens with zero attached hydrogens (tertiary/aromatic N) is 4. The highest BCUT2D eigenvalue weighted by molar-refractivity contribution is 7.89. The second-order valence-electron chi connectivity index (χ2n) is 8.22. The molecule has 1 heterocycles. The van der Waals surface area contributed by atoms with E-state index < -0.39 is 10.0 Å².